The minimum atomic E-state index is -0.382. The third kappa shape index (κ3) is 2.97. The summed E-state index contributed by atoms with van der Waals surface area (Å²) in [6.45, 7) is 0.427. The van der Waals surface area contributed by atoms with Gasteiger partial charge in [-0.25, -0.2) is 8.78 Å². The number of rotatable bonds is 4. The van der Waals surface area contributed by atoms with Crippen LogP contribution in [-0.4, -0.2) is 12.7 Å². The van der Waals surface area contributed by atoms with Crippen LogP contribution in [0.4, 0.5) is 8.78 Å². The van der Waals surface area contributed by atoms with Crippen LogP contribution in [0.15, 0.2) is 36.4 Å². The zero-order valence-electron chi connectivity index (χ0n) is 11.3. The number of hydrogen-bond acceptors (Lipinski definition) is 3. The van der Waals surface area contributed by atoms with E-state index in [-0.39, 0.29) is 30.9 Å². The lowest BCUT2D eigenvalue weighted by molar-refractivity contribution is 0.148. The summed E-state index contributed by atoms with van der Waals surface area (Å²) in [6.07, 6.45) is 0.384. The third-order valence-corrected chi connectivity index (χ3v) is 3.44. The molecule has 0 saturated heterocycles. The van der Waals surface area contributed by atoms with E-state index in [2.05, 4.69) is 0 Å². The predicted molar refractivity (Wildman–Crippen MR) is 74.3 cm³/mol. The lowest BCUT2D eigenvalue weighted by atomic mass is 10.1. The summed E-state index contributed by atoms with van der Waals surface area (Å²) in [4.78, 5) is 0. The van der Waals surface area contributed by atoms with Crippen LogP contribution in [0.5, 0.6) is 11.5 Å². The summed E-state index contributed by atoms with van der Waals surface area (Å²) in [7, 11) is 0. The van der Waals surface area contributed by atoms with E-state index in [4.69, 9.17) is 15.2 Å². The lowest BCUT2D eigenvalue weighted by Crippen LogP contribution is -2.22. The molecule has 1 aliphatic heterocycles. The molecule has 1 heterocycles. The number of ether oxygens (including phenoxy) is 2. The second kappa shape index (κ2) is 5.69. The Morgan fingerprint density at radius 1 is 1.19 bits per heavy atom. The molecule has 0 saturated carbocycles. The van der Waals surface area contributed by atoms with E-state index >= 15 is 0 Å². The van der Waals surface area contributed by atoms with E-state index in [1.54, 1.807) is 18.2 Å². The molecule has 3 nitrogen and oxygen atoms in total. The largest absolute Gasteiger partial charge is 0.490 e. The molecule has 1 aliphatic rings. The van der Waals surface area contributed by atoms with Crippen molar-refractivity contribution in [3.05, 3.63) is 59.2 Å². The first-order valence-corrected chi connectivity index (χ1v) is 6.72. The van der Waals surface area contributed by atoms with E-state index < -0.39 is 0 Å². The van der Waals surface area contributed by atoms with Crippen molar-refractivity contribution in [1.82, 2.24) is 0 Å². The summed E-state index contributed by atoms with van der Waals surface area (Å²) >= 11 is 0. The molecule has 0 aliphatic carbocycles. The average molecular weight is 291 g/mol. The fourth-order valence-corrected chi connectivity index (χ4v) is 2.35. The van der Waals surface area contributed by atoms with Crippen molar-refractivity contribution in [1.29, 1.82) is 0 Å². The fraction of sp³-hybridized carbons (Fsp3) is 0.250. The van der Waals surface area contributed by atoms with E-state index in [0.29, 0.717) is 23.5 Å². The molecule has 2 aromatic carbocycles. The van der Waals surface area contributed by atoms with Crippen LogP contribution < -0.4 is 15.2 Å². The standard InChI is InChI=1S/C16H15F2NO2/c17-12-2-4-16-11(5-12)6-14(21-16)9-20-13-3-1-10(8-19)15(18)7-13/h1-5,7,14H,6,8-9,19H2. The molecule has 110 valence electrons. The minimum Gasteiger partial charge on any atom is -0.490 e. The van der Waals surface area contributed by atoms with Crippen LogP contribution >= 0.6 is 0 Å². The van der Waals surface area contributed by atoms with E-state index in [1.165, 1.54) is 18.2 Å². The fourth-order valence-electron chi connectivity index (χ4n) is 2.35. The minimum absolute atomic E-state index is 0.152. The van der Waals surface area contributed by atoms with Gasteiger partial charge in [0.2, 0.25) is 0 Å². The molecule has 1 unspecified atom stereocenters. The first kappa shape index (κ1) is 13.8. The predicted octanol–water partition coefficient (Wildman–Crippen LogP) is 2.81. The number of hydrogen-bond donors (Lipinski definition) is 1. The lowest BCUT2D eigenvalue weighted by Gasteiger charge is -2.13. The Morgan fingerprint density at radius 3 is 2.81 bits per heavy atom. The van der Waals surface area contributed by atoms with Crippen molar-refractivity contribution in [2.24, 2.45) is 5.73 Å². The van der Waals surface area contributed by atoms with Crippen LogP contribution in [0.1, 0.15) is 11.1 Å². The molecule has 3 rings (SSSR count). The zero-order valence-corrected chi connectivity index (χ0v) is 11.3. The van der Waals surface area contributed by atoms with Gasteiger partial charge in [-0.3, -0.25) is 0 Å². The summed E-state index contributed by atoms with van der Waals surface area (Å²) < 4.78 is 37.9. The number of nitrogens with two attached hydrogens (primary N) is 1. The first-order chi connectivity index (χ1) is 10.2. The maximum absolute atomic E-state index is 13.6. The molecule has 0 bridgehead atoms. The molecule has 0 fully saturated rings. The molecule has 2 N–H and O–H groups in total. The molecule has 5 heteroatoms. The van der Waals surface area contributed by atoms with E-state index in [1.807, 2.05) is 0 Å². The molecule has 0 amide bonds. The van der Waals surface area contributed by atoms with E-state index in [0.717, 1.165) is 5.56 Å². The quantitative estimate of drug-likeness (QED) is 0.942. The van der Waals surface area contributed by atoms with Gasteiger partial charge in [0.05, 0.1) is 0 Å². The molecule has 1 atom stereocenters. The smallest absolute Gasteiger partial charge is 0.137 e. The maximum Gasteiger partial charge on any atom is 0.137 e. The highest BCUT2D eigenvalue weighted by atomic mass is 19.1. The first-order valence-electron chi connectivity index (χ1n) is 6.72. The van der Waals surface area contributed by atoms with Crippen LogP contribution in [0.2, 0.25) is 0 Å². The van der Waals surface area contributed by atoms with Crippen molar-refractivity contribution >= 4 is 0 Å². The molecule has 0 radical (unpaired) electrons. The van der Waals surface area contributed by atoms with Gasteiger partial charge in [0.25, 0.3) is 0 Å². The van der Waals surface area contributed by atoms with Crippen LogP contribution in [0.25, 0.3) is 0 Å². The Bertz CT molecular complexity index is 661. The Hall–Kier alpha value is -2.14. The Kier molecular flexibility index (Phi) is 3.75. The Labute approximate surface area is 121 Å². The van der Waals surface area contributed by atoms with Crippen molar-refractivity contribution in [2.45, 2.75) is 19.1 Å². The van der Waals surface area contributed by atoms with Crippen molar-refractivity contribution < 1.29 is 18.3 Å². The normalized spacial score (nSPS) is 16.4. The van der Waals surface area contributed by atoms with Crippen molar-refractivity contribution in [3.63, 3.8) is 0 Å². The van der Waals surface area contributed by atoms with E-state index in [9.17, 15) is 8.78 Å². The third-order valence-electron chi connectivity index (χ3n) is 3.44. The SMILES string of the molecule is NCc1ccc(OCC2Cc3cc(F)ccc3O2)cc1F. The highest BCUT2D eigenvalue weighted by molar-refractivity contribution is 5.38. The van der Waals surface area contributed by atoms with Gasteiger partial charge in [0.15, 0.2) is 0 Å². The molecule has 21 heavy (non-hydrogen) atoms. The molecule has 2 aromatic rings. The van der Waals surface area contributed by atoms with Gasteiger partial charge in [-0.1, -0.05) is 6.07 Å². The summed E-state index contributed by atoms with van der Waals surface area (Å²) in [6, 6.07) is 9.02. The molecular weight excluding hydrogens is 276 g/mol. The van der Waals surface area contributed by atoms with Crippen molar-refractivity contribution in [3.8, 4) is 11.5 Å². The van der Waals surface area contributed by atoms with Crippen molar-refractivity contribution in [2.75, 3.05) is 6.61 Å². The number of fused-ring (bicyclic) bond motifs is 1. The van der Waals surface area contributed by atoms with Gasteiger partial charge in [0.1, 0.15) is 35.8 Å². The number of benzene rings is 2. The highest BCUT2D eigenvalue weighted by Crippen LogP contribution is 2.29. The Balaban J connectivity index is 1.61. The van der Waals surface area contributed by atoms with Gasteiger partial charge < -0.3 is 15.2 Å². The molecule has 0 spiro atoms. The van der Waals surface area contributed by atoms with Crippen LogP contribution in [0.3, 0.4) is 0 Å². The van der Waals surface area contributed by atoms with Crippen LogP contribution in [0, 0.1) is 11.6 Å². The zero-order chi connectivity index (χ0) is 14.8. The monoisotopic (exact) mass is 291 g/mol. The Morgan fingerprint density at radius 2 is 2.05 bits per heavy atom. The summed E-state index contributed by atoms with van der Waals surface area (Å²) in [5, 5.41) is 0. The molecule has 0 aromatic heterocycles. The summed E-state index contributed by atoms with van der Waals surface area (Å²) in [5.74, 6) is 0.441. The second-order valence-electron chi connectivity index (χ2n) is 4.96. The van der Waals surface area contributed by atoms with Gasteiger partial charge in [0, 0.05) is 30.2 Å². The van der Waals surface area contributed by atoms with Gasteiger partial charge in [-0.05, 0) is 24.3 Å². The average Bonchev–Trinajstić information content (AvgIpc) is 2.87. The van der Waals surface area contributed by atoms with Gasteiger partial charge >= 0.3 is 0 Å². The molecular formula is C16H15F2NO2. The maximum atomic E-state index is 13.6. The van der Waals surface area contributed by atoms with Crippen LogP contribution in [-0.2, 0) is 13.0 Å². The van der Waals surface area contributed by atoms with Gasteiger partial charge in [-0.15, -0.1) is 0 Å². The summed E-state index contributed by atoms with van der Waals surface area (Å²) in [5.41, 5.74) is 6.68. The van der Waals surface area contributed by atoms with Gasteiger partial charge in [-0.2, -0.15) is 0 Å². The number of halogens is 2. The topological polar surface area (TPSA) is 44.5 Å². The second-order valence-corrected chi connectivity index (χ2v) is 4.96. The highest BCUT2D eigenvalue weighted by Gasteiger charge is 2.23.